The largest absolute Gasteiger partial charge is 0.270 e. The van der Waals surface area contributed by atoms with E-state index in [9.17, 15) is 4.39 Å². The van der Waals surface area contributed by atoms with Crippen LogP contribution in [0.25, 0.3) is 10.2 Å². The summed E-state index contributed by atoms with van der Waals surface area (Å²) in [5.41, 5.74) is 0. The fourth-order valence-electron chi connectivity index (χ4n) is 2.55. The third-order valence-corrected chi connectivity index (χ3v) is 4.36. The van der Waals surface area contributed by atoms with Crippen molar-refractivity contribution in [1.29, 1.82) is 5.26 Å². The summed E-state index contributed by atoms with van der Waals surface area (Å²) in [6, 6.07) is 1.62. The normalized spacial score (nSPS) is 24.3. The number of nitrogens with zero attached hydrogens (tertiary/aromatic N) is 3. The lowest BCUT2D eigenvalue weighted by atomic mass is 9.42. The van der Waals surface area contributed by atoms with E-state index in [0.717, 1.165) is 21.3 Å². The van der Waals surface area contributed by atoms with Gasteiger partial charge in [0, 0.05) is 17.6 Å². The minimum atomic E-state index is -0.991. The number of halogens is 1. The zero-order valence-corrected chi connectivity index (χ0v) is 10.5. The first-order chi connectivity index (χ1) is 8.67. The Hall–Kier alpha value is -1.28. The second-order valence-electron chi connectivity index (χ2n) is 4.74. The van der Waals surface area contributed by atoms with Gasteiger partial charge in [0.25, 0.3) is 6.71 Å². The topological polar surface area (TPSA) is 41.6 Å². The fourth-order valence-corrected chi connectivity index (χ4v) is 3.32. The van der Waals surface area contributed by atoms with Crippen LogP contribution in [0.1, 0.15) is 12.5 Å². The summed E-state index contributed by atoms with van der Waals surface area (Å²) in [6.45, 7) is -0.149. The van der Waals surface area contributed by atoms with Crippen LogP contribution in [0.5, 0.6) is 0 Å². The van der Waals surface area contributed by atoms with Crippen molar-refractivity contribution in [3.05, 3.63) is 12.3 Å². The molecule has 7 heteroatoms. The molecule has 2 aromatic heterocycles. The molecule has 3 rings (SSSR count). The Kier molecular flexibility index (Phi) is 2.90. The Labute approximate surface area is 110 Å². The molecule has 1 aliphatic rings. The van der Waals surface area contributed by atoms with Gasteiger partial charge in [0.1, 0.15) is 18.8 Å². The number of hydrogen-bond acceptors (Lipinski definition) is 3. The van der Waals surface area contributed by atoms with E-state index >= 15 is 0 Å². The van der Waals surface area contributed by atoms with E-state index in [1.165, 1.54) is 11.3 Å². The first kappa shape index (κ1) is 11.8. The monoisotopic (exact) mass is 257 g/mol. The summed E-state index contributed by atoms with van der Waals surface area (Å²) in [5, 5.41) is 14.2. The Balaban J connectivity index is 1.86. The van der Waals surface area contributed by atoms with E-state index < -0.39 is 6.17 Å². The first-order valence-corrected chi connectivity index (χ1v) is 6.77. The SMILES string of the molecule is [B]c1cc2cn(C3CCB(C#N)CC3F)nc2s1. The lowest BCUT2D eigenvalue weighted by Crippen LogP contribution is -2.32. The minimum Gasteiger partial charge on any atom is -0.265 e. The highest BCUT2D eigenvalue weighted by Crippen LogP contribution is 2.32. The number of aromatic nitrogens is 2. The maximum absolute atomic E-state index is 14.1. The van der Waals surface area contributed by atoms with Gasteiger partial charge in [-0.1, -0.05) is 6.32 Å². The number of hydrogen-bond donors (Lipinski definition) is 0. The third kappa shape index (κ3) is 1.95. The van der Waals surface area contributed by atoms with Gasteiger partial charge in [0.2, 0.25) is 0 Å². The first-order valence-electron chi connectivity index (χ1n) is 5.95. The van der Waals surface area contributed by atoms with Gasteiger partial charge in [-0.25, -0.2) is 9.65 Å². The highest BCUT2D eigenvalue weighted by atomic mass is 32.1. The lowest BCUT2D eigenvalue weighted by Gasteiger charge is -2.27. The molecule has 1 aliphatic heterocycles. The van der Waals surface area contributed by atoms with Crippen molar-refractivity contribution in [2.75, 3.05) is 0 Å². The standard InChI is InChI=1S/C11H10B2FN3S/c12-10-3-7-5-17(16-11(7)18-10)9-1-2-13(6-15)4-8(9)14/h3,5,8-9H,1-2,4H2. The van der Waals surface area contributed by atoms with Crippen LogP contribution in [-0.2, 0) is 0 Å². The van der Waals surface area contributed by atoms with Gasteiger partial charge in [-0.05, 0) is 23.6 Å². The molecule has 0 bridgehead atoms. The van der Waals surface area contributed by atoms with Crippen LogP contribution in [0.4, 0.5) is 4.39 Å². The maximum Gasteiger partial charge on any atom is 0.270 e. The number of fused-ring (bicyclic) bond motifs is 1. The van der Waals surface area contributed by atoms with Crippen LogP contribution < -0.4 is 4.78 Å². The van der Waals surface area contributed by atoms with Crippen molar-refractivity contribution in [2.45, 2.75) is 31.3 Å². The number of rotatable bonds is 1. The summed E-state index contributed by atoms with van der Waals surface area (Å²) >= 11 is 1.41. The molecule has 3 heterocycles. The van der Waals surface area contributed by atoms with E-state index in [1.54, 1.807) is 4.68 Å². The Bertz CT molecular complexity index is 586. The van der Waals surface area contributed by atoms with Crippen LogP contribution >= 0.6 is 11.3 Å². The molecule has 0 aromatic carbocycles. The van der Waals surface area contributed by atoms with Crippen molar-refractivity contribution in [3.63, 3.8) is 0 Å². The van der Waals surface area contributed by atoms with E-state index in [2.05, 4.69) is 11.1 Å². The van der Waals surface area contributed by atoms with Crippen LogP contribution in [0.3, 0.4) is 0 Å². The van der Waals surface area contributed by atoms with Crippen LogP contribution in [0.15, 0.2) is 12.3 Å². The maximum atomic E-state index is 14.1. The van der Waals surface area contributed by atoms with Crippen molar-refractivity contribution in [2.24, 2.45) is 0 Å². The van der Waals surface area contributed by atoms with E-state index in [1.807, 2.05) is 12.3 Å². The second kappa shape index (κ2) is 4.43. The zero-order chi connectivity index (χ0) is 12.7. The van der Waals surface area contributed by atoms with Crippen LogP contribution in [-0.4, -0.2) is 30.5 Å². The fraction of sp³-hybridized carbons (Fsp3) is 0.455. The molecule has 18 heavy (non-hydrogen) atoms. The highest BCUT2D eigenvalue weighted by Gasteiger charge is 2.34. The number of alkyl halides is 1. The smallest absolute Gasteiger partial charge is 0.265 e. The summed E-state index contributed by atoms with van der Waals surface area (Å²) in [5.74, 6) is 2.15. The van der Waals surface area contributed by atoms with Gasteiger partial charge in [0.15, 0.2) is 0 Å². The molecular weight excluding hydrogens is 247 g/mol. The predicted octanol–water partition coefficient (Wildman–Crippen LogP) is 1.73. The molecule has 0 saturated carbocycles. The molecule has 1 saturated heterocycles. The van der Waals surface area contributed by atoms with Crippen molar-refractivity contribution < 1.29 is 4.39 Å². The predicted molar refractivity (Wildman–Crippen MR) is 72.5 cm³/mol. The van der Waals surface area contributed by atoms with Crippen molar-refractivity contribution >= 4 is 40.9 Å². The Morgan fingerprint density at radius 2 is 2.50 bits per heavy atom. The molecular formula is C11H10B2FN3S. The number of nitriles is 1. The molecule has 0 amide bonds. The molecule has 0 N–H and O–H groups in total. The molecule has 2 unspecified atom stereocenters. The van der Waals surface area contributed by atoms with E-state index in [0.29, 0.717) is 12.7 Å². The lowest BCUT2D eigenvalue weighted by molar-refractivity contribution is 0.221. The summed E-state index contributed by atoms with van der Waals surface area (Å²) in [7, 11) is 5.69. The van der Waals surface area contributed by atoms with Gasteiger partial charge in [-0.2, -0.15) is 5.10 Å². The molecule has 3 nitrogen and oxygen atoms in total. The summed E-state index contributed by atoms with van der Waals surface area (Å²) in [4.78, 5) is 0.849. The molecule has 0 spiro atoms. The minimum absolute atomic E-state index is 0.149. The van der Waals surface area contributed by atoms with Gasteiger partial charge >= 0.3 is 0 Å². The number of thiophene rings is 1. The molecule has 2 aromatic rings. The van der Waals surface area contributed by atoms with Gasteiger partial charge < -0.3 is 0 Å². The van der Waals surface area contributed by atoms with Crippen molar-refractivity contribution in [3.8, 4) is 5.97 Å². The molecule has 2 atom stereocenters. The Morgan fingerprint density at radius 3 is 3.17 bits per heavy atom. The zero-order valence-electron chi connectivity index (χ0n) is 9.71. The van der Waals surface area contributed by atoms with Crippen LogP contribution in [0.2, 0.25) is 12.6 Å². The average molecular weight is 257 g/mol. The van der Waals surface area contributed by atoms with Gasteiger partial charge in [-0.15, -0.1) is 11.3 Å². The van der Waals surface area contributed by atoms with Gasteiger partial charge in [-0.3, -0.25) is 4.68 Å². The summed E-state index contributed by atoms with van der Waals surface area (Å²) in [6.07, 6.45) is 2.60. The van der Waals surface area contributed by atoms with E-state index in [-0.39, 0.29) is 12.8 Å². The van der Waals surface area contributed by atoms with Gasteiger partial charge in [0.05, 0.1) is 6.04 Å². The Morgan fingerprint density at radius 1 is 1.67 bits per heavy atom. The molecule has 2 radical (unpaired) electrons. The average Bonchev–Trinajstić information content (AvgIpc) is 2.85. The molecule has 0 aliphatic carbocycles. The van der Waals surface area contributed by atoms with Crippen molar-refractivity contribution in [1.82, 2.24) is 9.78 Å². The quantitative estimate of drug-likeness (QED) is 0.730. The third-order valence-electron chi connectivity index (χ3n) is 3.50. The van der Waals surface area contributed by atoms with Crippen LogP contribution in [0, 0.1) is 11.2 Å². The molecule has 88 valence electrons. The van der Waals surface area contributed by atoms with E-state index in [4.69, 9.17) is 13.1 Å². The highest BCUT2D eigenvalue weighted by molar-refractivity contribution is 7.25. The molecule has 1 fully saturated rings. The second-order valence-corrected chi connectivity index (χ2v) is 5.80. The summed E-state index contributed by atoms with van der Waals surface area (Å²) < 4.78 is 16.5.